The van der Waals surface area contributed by atoms with Crippen molar-refractivity contribution in [3.05, 3.63) is 5.82 Å². The van der Waals surface area contributed by atoms with E-state index < -0.39 is 0 Å². The van der Waals surface area contributed by atoms with Crippen molar-refractivity contribution < 1.29 is 0 Å². The summed E-state index contributed by atoms with van der Waals surface area (Å²) in [6.45, 7) is 5.22. The Labute approximate surface area is 87.5 Å². The van der Waals surface area contributed by atoms with Gasteiger partial charge in [-0.1, -0.05) is 18.7 Å². The first-order valence-corrected chi connectivity index (χ1v) is 6.06. The summed E-state index contributed by atoms with van der Waals surface area (Å²) >= 11 is 3.29. The monoisotopic (exact) mass is 217 g/mol. The SMILES string of the molecule is CNCC(C)CSc1nc(C)ns1. The maximum atomic E-state index is 4.29. The zero-order valence-corrected chi connectivity index (χ0v) is 9.84. The van der Waals surface area contributed by atoms with Crippen molar-refractivity contribution in [1.82, 2.24) is 14.7 Å². The van der Waals surface area contributed by atoms with Gasteiger partial charge in [-0.25, -0.2) is 4.98 Å². The first-order valence-electron chi connectivity index (χ1n) is 4.30. The van der Waals surface area contributed by atoms with Crippen LogP contribution in [0, 0.1) is 12.8 Å². The van der Waals surface area contributed by atoms with E-state index in [0.29, 0.717) is 5.92 Å². The lowest BCUT2D eigenvalue weighted by Gasteiger charge is -2.07. The average molecular weight is 217 g/mol. The highest BCUT2D eigenvalue weighted by atomic mass is 32.2. The second-order valence-corrected chi connectivity index (χ2v) is 5.10. The van der Waals surface area contributed by atoms with Crippen LogP contribution in [-0.4, -0.2) is 28.7 Å². The molecule has 0 aliphatic rings. The van der Waals surface area contributed by atoms with Gasteiger partial charge in [0.15, 0.2) is 4.34 Å². The van der Waals surface area contributed by atoms with E-state index in [9.17, 15) is 0 Å². The topological polar surface area (TPSA) is 37.8 Å². The molecule has 0 saturated carbocycles. The molecule has 0 saturated heterocycles. The summed E-state index contributed by atoms with van der Waals surface area (Å²) in [4.78, 5) is 4.29. The summed E-state index contributed by atoms with van der Waals surface area (Å²) < 4.78 is 5.22. The molecule has 0 fully saturated rings. The first kappa shape index (κ1) is 10.9. The van der Waals surface area contributed by atoms with Gasteiger partial charge in [0.2, 0.25) is 0 Å². The summed E-state index contributed by atoms with van der Waals surface area (Å²) in [5, 5.41) is 3.16. The van der Waals surface area contributed by atoms with Crippen molar-refractivity contribution in [2.24, 2.45) is 5.92 Å². The van der Waals surface area contributed by atoms with Crippen LogP contribution in [0.4, 0.5) is 0 Å². The Hall–Kier alpha value is -0.130. The van der Waals surface area contributed by atoms with Crippen LogP contribution in [0.25, 0.3) is 0 Å². The number of rotatable bonds is 5. The number of aryl methyl sites for hydroxylation is 1. The fourth-order valence-corrected chi connectivity index (χ4v) is 2.65. The van der Waals surface area contributed by atoms with E-state index in [1.807, 2.05) is 14.0 Å². The number of aromatic nitrogens is 2. The predicted molar refractivity (Wildman–Crippen MR) is 58.5 cm³/mol. The van der Waals surface area contributed by atoms with Gasteiger partial charge in [-0.2, -0.15) is 4.37 Å². The van der Waals surface area contributed by atoms with Gasteiger partial charge in [-0.3, -0.25) is 0 Å². The van der Waals surface area contributed by atoms with Gasteiger partial charge in [0.25, 0.3) is 0 Å². The Kier molecular flexibility index (Phi) is 4.69. The second kappa shape index (κ2) is 5.57. The van der Waals surface area contributed by atoms with Crippen LogP contribution in [0.5, 0.6) is 0 Å². The van der Waals surface area contributed by atoms with Crippen molar-refractivity contribution in [3.63, 3.8) is 0 Å². The van der Waals surface area contributed by atoms with E-state index in [4.69, 9.17) is 0 Å². The lowest BCUT2D eigenvalue weighted by Crippen LogP contribution is -2.17. The van der Waals surface area contributed by atoms with Gasteiger partial charge in [0.1, 0.15) is 5.82 Å². The molecule has 0 aliphatic heterocycles. The molecular formula is C8H15N3S2. The van der Waals surface area contributed by atoms with Gasteiger partial charge < -0.3 is 5.32 Å². The minimum absolute atomic E-state index is 0.680. The lowest BCUT2D eigenvalue weighted by molar-refractivity contribution is 0.603. The molecule has 0 bridgehead atoms. The Bertz CT molecular complexity index is 249. The average Bonchev–Trinajstić information content (AvgIpc) is 2.49. The molecule has 3 nitrogen and oxygen atoms in total. The van der Waals surface area contributed by atoms with E-state index in [-0.39, 0.29) is 0 Å². The Morgan fingerprint density at radius 2 is 2.38 bits per heavy atom. The molecule has 74 valence electrons. The number of hydrogen-bond donors (Lipinski definition) is 1. The molecule has 5 heteroatoms. The van der Waals surface area contributed by atoms with Crippen LogP contribution in [-0.2, 0) is 0 Å². The second-order valence-electron chi connectivity index (χ2n) is 3.08. The number of hydrogen-bond acceptors (Lipinski definition) is 5. The third-order valence-corrected chi connectivity index (χ3v) is 3.81. The third-order valence-electron chi connectivity index (χ3n) is 1.55. The van der Waals surface area contributed by atoms with Crippen LogP contribution in [0.2, 0.25) is 0 Å². The number of thioether (sulfide) groups is 1. The first-order chi connectivity index (χ1) is 6.22. The molecule has 1 rings (SSSR count). The van der Waals surface area contributed by atoms with Crippen molar-refractivity contribution in [2.45, 2.75) is 18.2 Å². The zero-order valence-electron chi connectivity index (χ0n) is 8.20. The van der Waals surface area contributed by atoms with Crippen LogP contribution >= 0.6 is 23.3 Å². The quantitative estimate of drug-likeness (QED) is 0.763. The molecule has 1 aromatic rings. The van der Waals surface area contributed by atoms with E-state index in [2.05, 4.69) is 21.6 Å². The van der Waals surface area contributed by atoms with E-state index in [0.717, 1.165) is 22.5 Å². The fraction of sp³-hybridized carbons (Fsp3) is 0.750. The maximum absolute atomic E-state index is 4.29. The third kappa shape index (κ3) is 4.06. The van der Waals surface area contributed by atoms with Crippen molar-refractivity contribution >= 4 is 23.3 Å². The summed E-state index contributed by atoms with van der Waals surface area (Å²) in [5.41, 5.74) is 0. The molecule has 1 heterocycles. The van der Waals surface area contributed by atoms with Crippen LogP contribution in [0.3, 0.4) is 0 Å². The molecule has 0 amide bonds. The fourth-order valence-electron chi connectivity index (χ4n) is 0.958. The molecule has 1 aromatic heterocycles. The normalized spacial score (nSPS) is 13.2. The van der Waals surface area contributed by atoms with Crippen molar-refractivity contribution in [2.75, 3.05) is 19.3 Å². The van der Waals surface area contributed by atoms with E-state index in [1.54, 1.807) is 11.8 Å². The van der Waals surface area contributed by atoms with Gasteiger partial charge in [-0.15, -0.1) is 0 Å². The molecule has 1 unspecified atom stereocenters. The van der Waals surface area contributed by atoms with Gasteiger partial charge >= 0.3 is 0 Å². The predicted octanol–water partition coefficient (Wildman–Crippen LogP) is 1.79. The van der Waals surface area contributed by atoms with Gasteiger partial charge in [0.05, 0.1) is 0 Å². The minimum Gasteiger partial charge on any atom is -0.319 e. The minimum atomic E-state index is 0.680. The summed E-state index contributed by atoms with van der Waals surface area (Å²) in [5.74, 6) is 2.67. The lowest BCUT2D eigenvalue weighted by atomic mass is 10.2. The van der Waals surface area contributed by atoms with Gasteiger partial charge in [0, 0.05) is 5.75 Å². The van der Waals surface area contributed by atoms with Gasteiger partial charge in [-0.05, 0) is 38.0 Å². The Morgan fingerprint density at radius 1 is 1.62 bits per heavy atom. The molecule has 0 aliphatic carbocycles. The van der Waals surface area contributed by atoms with E-state index >= 15 is 0 Å². The summed E-state index contributed by atoms with van der Waals surface area (Å²) in [6, 6.07) is 0. The van der Waals surface area contributed by atoms with Crippen molar-refractivity contribution in [3.8, 4) is 0 Å². The van der Waals surface area contributed by atoms with Crippen LogP contribution < -0.4 is 5.32 Å². The maximum Gasteiger partial charge on any atom is 0.170 e. The van der Waals surface area contributed by atoms with E-state index in [1.165, 1.54) is 11.5 Å². The largest absolute Gasteiger partial charge is 0.319 e. The molecule has 0 spiro atoms. The van der Waals surface area contributed by atoms with Crippen molar-refractivity contribution in [1.29, 1.82) is 0 Å². The Balaban J connectivity index is 2.26. The highest BCUT2D eigenvalue weighted by molar-refractivity contribution is 8.00. The number of nitrogens with zero attached hydrogens (tertiary/aromatic N) is 2. The molecule has 0 radical (unpaired) electrons. The summed E-state index contributed by atoms with van der Waals surface area (Å²) in [6.07, 6.45) is 0. The molecule has 1 N–H and O–H groups in total. The smallest absolute Gasteiger partial charge is 0.170 e. The van der Waals surface area contributed by atoms with Crippen LogP contribution in [0.1, 0.15) is 12.7 Å². The molecular weight excluding hydrogens is 202 g/mol. The Morgan fingerprint density at radius 3 is 2.92 bits per heavy atom. The summed E-state index contributed by atoms with van der Waals surface area (Å²) in [7, 11) is 1.98. The zero-order chi connectivity index (χ0) is 9.68. The standard InChI is InChI=1S/C8H15N3S2/c1-6(4-9-3)5-12-8-10-7(2)11-13-8/h6,9H,4-5H2,1-3H3. The molecule has 0 aromatic carbocycles. The molecule has 13 heavy (non-hydrogen) atoms. The highest BCUT2D eigenvalue weighted by Gasteiger charge is 2.04. The highest BCUT2D eigenvalue weighted by Crippen LogP contribution is 2.21. The number of nitrogens with one attached hydrogen (secondary N) is 1. The molecule has 1 atom stereocenters. The van der Waals surface area contributed by atoms with Crippen LogP contribution in [0.15, 0.2) is 4.34 Å².